The highest BCUT2D eigenvalue weighted by molar-refractivity contribution is 5.93. The maximum Gasteiger partial charge on any atom is 0.270 e. The minimum atomic E-state index is 0.190. The Labute approximate surface area is 114 Å². The van der Waals surface area contributed by atoms with E-state index in [0.717, 1.165) is 38.2 Å². The van der Waals surface area contributed by atoms with E-state index in [9.17, 15) is 4.79 Å². The van der Waals surface area contributed by atoms with Gasteiger partial charge in [-0.1, -0.05) is 0 Å². The molecule has 2 fully saturated rings. The number of carbonyl (C=O) groups excluding carboxylic acids is 1. The third-order valence-electron chi connectivity index (χ3n) is 4.77. The molecule has 0 radical (unpaired) electrons. The van der Waals surface area contributed by atoms with Gasteiger partial charge >= 0.3 is 0 Å². The summed E-state index contributed by atoms with van der Waals surface area (Å²) in [6, 6.07) is 4.23. The summed E-state index contributed by atoms with van der Waals surface area (Å²) in [5, 5.41) is 0. The van der Waals surface area contributed by atoms with E-state index in [1.807, 2.05) is 27.8 Å². The predicted molar refractivity (Wildman–Crippen MR) is 74.8 cm³/mol. The number of hydrogen-bond acceptors (Lipinski definition) is 2. The van der Waals surface area contributed by atoms with Crippen molar-refractivity contribution in [2.24, 2.45) is 17.6 Å². The number of hydrogen-bond donors (Lipinski definition) is 1. The first kappa shape index (κ1) is 12.7. The third kappa shape index (κ3) is 2.29. The average Bonchev–Trinajstić information content (AvgIpc) is 3.03. The van der Waals surface area contributed by atoms with Crippen LogP contribution in [0.2, 0.25) is 0 Å². The molecule has 2 aliphatic rings. The summed E-state index contributed by atoms with van der Waals surface area (Å²) < 4.78 is 2.02. The van der Waals surface area contributed by atoms with Crippen LogP contribution in [0.5, 0.6) is 0 Å². The number of rotatable bonds is 2. The van der Waals surface area contributed by atoms with Gasteiger partial charge in [0, 0.05) is 31.9 Å². The first-order valence-corrected chi connectivity index (χ1v) is 7.39. The molecule has 19 heavy (non-hydrogen) atoms. The molecule has 3 rings (SSSR count). The lowest BCUT2D eigenvalue weighted by Crippen LogP contribution is -2.32. The van der Waals surface area contributed by atoms with Crippen LogP contribution in [-0.4, -0.2) is 34.5 Å². The van der Waals surface area contributed by atoms with Gasteiger partial charge in [0.05, 0.1) is 0 Å². The standard InChI is InChI=1S/C15H23N3O/c1-2-17-7-3-4-14(17)15(19)18-9-11-5-6-13(16)8-12(11)10-18/h3-4,7,11-13H,2,5-6,8-10,16H2,1H3/t11-,12+,13?/m1/s1. The lowest BCUT2D eigenvalue weighted by molar-refractivity contribution is 0.0773. The SMILES string of the molecule is CCn1cccc1C(=O)N1C[C@H]2CCC(N)C[C@H]2C1. The van der Waals surface area contributed by atoms with Gasteiger partial charge in [-0.05, 0) is 50.2 Å². The Morgan fingerprint density at radius 2 is 2.16 bits per heavy atom. The molecule has 2 N–H and O–H groups in total. The molecule has 1 aliphatic heterocycles. The zero-order valence-corrected chi connectivity index (χ0v) is 11.6. The Morgan fingerprint density at radius 1 is 1.37 bits per heavy atom. The van der Waals surface area contributed by atoms with Crippen LogP contribution in [0.3, 0.4) is 0 Å². The molecule has 1 aromatic heterocycles. The van der Waals surface area contributed by atoms with Gasteiger partial charge in [0.2, 0.25) is 0 Å². The monoisotopic (exact) mass is 261 g/mol. The predicted octanol–water partition coefficient (Wildman–Crippen LogP) is 1.71. The van der Waals surface area contributed by atoms with E-state index >= 15 is 0 Å². The fraction of sp³-hybridized carbons (Fsp3) is 0.667. The summed E-state index contributed by atoms with van der Waals surface area (Å²) in [5.74, 6) is 1.49. The van der Waals surface area contributed by atoms with E-state index in [1.165, 1.54) is 6.42 Å². The zero-order valence-electron chi connectivity index (χ0n) is 11.6. The molecule has 1 aromatic rings. The molecule has 0 bridgehead atoms. The van der Waals surface area contributed by atoms with Crippen LogP contribution >= 0.6 is 0 Å². The fourth-order valence-electron chi connectivity index (χ4n) is 3.68. The van der Waals surface area contributed by atoms with Gasteiger partial charge in [-0.2, -0.15) is 0 Å². The Bertz CT molecular complexity index is 468. The minimum Gasteiger partial charge on any atom is -0.344 e. The second-order valence-electron chi connectivity index (χ2n) is 5.98. The van der Waals surface area contributed by atoms with Crippen molar-refractivity contribution in [3.8, 4) is 0 Å². The van der Waals surface area contributed by atoms with Crippen molar-refractivity contribution >= 4 is 5.91 Å². The molecule has 0 aromatic carbocycles. The molecule has 1 saturated carbocycles. The Hall–Kier alpha value is -1.29. The highest BCUT2D eigenvalue weighted by Gasteiger charge is 2.39. The molecular weight excluding hydrogens is 238 g/mol. The first-order valence-electron chi connectivity index (χ1n) is 7.39. The van der Waals surface area contributed by atoms with E-state index in [1.54, 1.807) is 0 Å². The third-order valence-corrected chi connectivity index (χ3v) is 4.77. The largest absolute Gasteiger partial charge is 0.344 e. The number of likely N-dealkylation sites (tertiary alicyclic amines) is 1. The summed E-state index contributed by atoms with van der Waals surface area (Å²) in [4.78, 5) is 14.6. The number of nitrogens with two attached hydrogens (primary N) is 1. The molecule has 4 heteroatoms. The van der Waals surface area contributed by atoms with Gasteiger partial charge in [-0.3, -0.25) is 4.79 Å². The molecule has 1 unspecified atom stereocenters. The van der Waals surface area contributed by atoms with Gasteiger partial charge in [0.15, 0.2) is 0 Å². The normalized spacial score (nSPS) is 30.4. The van der Waals surface area contributed by atoms with E-state index in [4.69, 9.17) is 5.73 Å². The van der Waals surface area contributed by atoms with Crippen molar-refractivity contribution in [1.82, 2.24) is 9.47 Å². The summed E-state index contributed by atoms with van der Waals surface area (Å²) >= 11 is 0. The van der Waals surface area contributed by atoms with Crippen LogP contribution in [-0.2, 0) is 6.54 Å². The van der Waals surface area contributed by atoms with Crippen molar-refractivity contribution in [2.75, 3.05) is 13.1 Å². The van der Waals surface area contributed by atoms with E-state index in [2.05, 4.69) is 6.92 Å². The number of nitrogens with zero attached hydrogens (tertiary/aromatic N) is 2. The number of aromatic nitrogens is 1. The highest BCUT2D eigenvalue weighted by atomic mass is 16.2. The molecule has 2 heterocycles. The van der Waals surface area contributed by atoms with Gasteiger partial charge in [-0.15, -0.1) is 0 Å². The fourth-order valence-corrected chi connectivity index (χ4v) is 3.68. The number of carbonyl (C=O) groups is 1. The van der Waals surface area contributed by atoms with Crippen molar-refractivity contribution < 1.29 is 4.79 Å². The first-order chi connectivity index (χ1) is 9.19. The molecule has 4 nitrogen and oxygen atoms in total. The van der Waals surface area contributed by atoms with E-state index < -0.39 is 0 Å². The molecule has 1 aliphatic carbocycles. The maximum absolute atomic E-state index is 12.6. The summed E-state index contributed by atoms with van der Waals surface area (Å²) in [5.41, 5.74) is 6.87. The molecule has 3 atom stereocenters. The van der Waals surface area contributed by atoms with Crippen LogP contribution in [0.1, 0.15) is 36.7 Å². The van der Waals surface area contributed by atoms with Gasteiger partial charge in [0.1, 0.15) is 5.69 Å². The second-order valence-corrected chi connectivity index (χ2v) is 5.98. The highest BCUT2D eigenvalue weighted by Crippen LogP contribution is 2.36. The van der Waals surface area contributed by atoms with Crippen molar-refractivity contribution in [2.45, 2.75) is 38.8 Å². The molecule has 1 amide bonds. The van der Waals surface area contributed by atoms with Crippen molar-refractivity contribution in [1.29, 1.82) is 0 Å². The van der Waals surface area contributed by atoms with Gasteiger partial charge in [0.25, 0.3) is 5.91 Å². The number of aryl methyl sites for hydroxylation is 1. The van der Waals surface area contributed by atoms with Crippen LogP contribution in [0.25, 0.3) is 0 Å². The Balaban J connectivity index is 1.72. The molecular formula is C15H23N3O. The summed E-state index contributed by atoms with van der Waals surface area (Å²) in [6.07, 6.45) is 5.37. The Morgan fingerprint density at radius 3 is 2.95 bits per heavy atom. The van der Waals surface area contributed by atoms with Gasteiger partial charge < -0.3 is 15.2 Å². The topological polar surface area (TPSA) is 51.3 Å². The van der Waals surface area contributed by atoms with Crippen molar-refractivity contribution in [3.05, 3.63) is 24.0 Å². The number of amides is 1. The second kappa shape index (κ2) is 5.00. The smallest absolute Gasteiger partial charge is 0.270 e. The summed E-state index contributed by atoms with van der Waals surface area (Å²) in [6.45, 7) is 4.73. The van der Waals surface area contributed by atoms with Crippen LogP contribution < -0.4 is 5.73 Å². The van der Waals surface area contributed by atoms with Crippen LogP contribution in [0.15, 0.2) is 18.3 Å². The van der Waals surface area contributed by atoms with Crippen LogP contribution in [0, 0.1) is 11.8 Å². The number of fused-ring (bicyclic) bond motifs is 1. The van der Waals surface area contributed by atoms with E-state index in [-0.39, 0.29) is 5.91 Å². The average molecular weight is 261 g/mol. The van der Waals surface area contributed by atoms with Gasteiger partial charge in [-0.25, -0.2) is 0 Å². The maximum atomic E-state index is 12.6. The van der Waals surface area contributed by atoms with Crippen molar-refractivity contribution in [3.63, 3.8) is 0 Å². The molecule has 0 spiro atoms. The lowest BCUT2D eigenvalue weighted by atomic mass is 9.79. The zero-order chi connectivity index (χ0) is 13.4. The summed E-state index contributed by atoms with van der Waals surface area (Å²) in [7, 11) is 0. The van der Waals surface area contributed by atoms with Crippen LogP contribution in [0.4, 0.5) is 0 Å². The minimum absolute atomic E-state index is 0.190. The Kier molecular flexibility index (Phi) is 3.35. The quantitative estimate of drug-likeness (QED) is 0.881. The molecule has 1 saturated heterocycles. The molecule has 104 valence electrons. The van der Waals surface area contributed by atoms with E-state index in [0.29, 0.717) is 17.9 Å². The lowest BCUT2D eigenvalue weighted by Gasteiger charge is -2.27.